The molecular formula is C26H24FN3O2S. The first-order chi connectivity index (χ1) is 15.8. The number of carbonyl (C=O) groups excluding carboxylic acids is 2. The summed E-state index contributed by atoms with van der Waals surface area (Å²) in [4.78, 5) is 31.1. The number of nitrogens with one attached hydrogen (secondary N) is 1. The van der Waals surface area contributed by atoms with Gasteiger partial charge < -0.3 is 10.2 Å². The summed E-state index contributed by atoms with van der Waals surface area (Å²) in [5, 5.41) is 12.0. The summed E-state index contributed by atoms with van der Waals surface area (Å²) in [5.41, 5.74) is 1.38. The number of amides is 2. The van der Waals surface area contributed by atoms with Gasteiger partial charge in [-0.2, -0.15) is 5.26 Å². The summed E-state index contributed by atoms with van der Waals surface area (Å²) in [5.74, 6) is -1.49. The van der Waals surface area contributed by atoms with Gasteiger partial charge >= 0.3 is 0 Å². The standard InChI is InChI=1S/C26H24FN3O2S/c1-15(2)14-30-24(22-11-8-16(3)33-22)23(19-6-4-5-7-20(19)26(30)32)25(31)29-18-9-10-21(27)17(12-18)13-28/h4-12,15,23-24H,14H2,1-3H3,(H,29,31)/t23-,24+/m0/s1. The van der Waals surface area contributed by atoms with Crippen LogP contribution < -0.4 is 5.32 Å². The third-order valence-electron chi connectivity index (χ3n) is 5.69. The van der Waals surface area contributed by atoms with Crippen LogP contribution in [0.3, 0.4) is 0 Å². The second-order valence-corrected chi connectivity index (χ2v) is 9.92. The molecular weight excluding hydrogens is 437 g/mol. The monoisotopic (exact) mass is 461 g/mol. The predicted octanol–water partition coefficient (Wildman–Crippen LogP) is 5.64. The number of hydrogen-bond donors (Lipinski definition) is 1. The van der Waals surface area contributed by atoms with Crippen LogP contribution in [0, 0.1) is 30.0 Å². The van der Waals surface area contributed by atoms with Gasteiger partial charge in [0, 0.05) is 27.5 Å². The highest BCUT2D eigenvalue weighted by molar-refractivity contribution is 7.12. The summed E-state index contributed by atoms with van der Waals surface area (Å²) in [6.45, 7) is 6.59. The van der Waals surface area contributed by atoms with E-state index in [0.29, 0.717) is 23.4 Å². The minimum absolute atomic E-state index is 0.0899. The van der Waals surface area contributed by atoms with Crippen molar-refractivity contribution in [2.45, 2.75) is 32.7 Å². The first-order valence-corrected chi connectivity index (χ1v) is 11.6. The summed E-state index contributed by atoms with van der Waals surface area (Å²) in [7, 11) is 0. The molecule has 2 amide bonds. The highest BCUT2D eigenvalue weighted by Crippen LogP contribution is 2.45. The quantitative estimate of drug-likeness (QED) is 0.534. The number of hydrogen-bond acceptors (Lipinski definition) is 4. The third-order valence-corrected chi connectivity index (χ3v) is 6.76. The Hall–Kier alpha value is -3.50. The summed E-state index contributed by atoms with van der Waals surface area (Å²) in [6.07, 6.45) is 0. The lowest BCUT2D eigenvalue weighted by atomic mass is 9.81. The van der Waals surface area contributed by atoms with E-state index < -0.39 is 17.8 Å². The van der Waals surface area contributed by atoms with Gasteiger partial charge in [0.05, 0.1) is 17.5 Å². The molecule has 0 radical (unpaired) electrons. The Morgan fingerprint density at radius 2 is 1.97 bits per heavy atom. The number of fused-ring (bicyclic) bond motifs is 1. The number of anilines is 1. The van der Waals surface area contributed by atoms with Gasteiger partial charge in [-0.1, -0.05) is 32.0 Å². The zero-order valence-electron chi connectivity index (χ0n) is 18.6. The molecule has 5 nitrogen and oxygen atoms in total. The highest BCUT2D eigenvalue weighted by Gasteiger charge is 2.44. The molecule has 0 spiro atoms. The molecule has 0 saturated carbocycles. The van der Waals surface area contributed by atoms with Gasteiger partial charge in [0.1, 0.15) is 11.9 Å². The van der Waals surface area contributed by atoms with Crippen molar-refractivity contribution in [2.24, 2.45) is 5.92 Å². The Bertz CT molecular complexity index is 1260. The van der Waals surface area contributed by atoms with Gasteiger partial charge in [-0.15, -0.1) is 11.3 Å². The highest BCUT2D eigenvalue weighted by atomic mass is 32.1. The van der Waals surface area contributed by atoms with Crippen molar-refractivity contribution in [3.05, 3.63) is 86.9 Å². The normalized spacial score (nSPS) is 17.6. The van der Waals surface area contributed by atoms with E-state index in [1.54, 1.807) is 34.4 Å². The number of nitriles is 1. The molecule has 4 rings (SSSR count). The maximum atomic E-state index is 13.8. The number of carbonyl (C=O) groups is 2. The van der Waals surface area contributed by atoms with Crippen LogP contribution in [0.5, 0.6) is 0 Å². The lowest BCUT2D eigenvalue weighted by molar-refractivity contribution is -0.119. The zero-order chi connectivity index (χ0) is 23.7. The van der Waals surface area contributed by atoms with Crippen LogP contribution in [-0.4, -0.2) is 23.3 Å². The fourth-order valence-corrected chi connectivity index (χ4v) is 5.34. The maximum Gasteiger partial charge on any atom is 0.254 e. The van der Waals surface area contributed by atoms with Gasteiger partial charge in [-0.3, -0.25) is 9.59 Å². The number of halogens is 1. The molecule has 0 bridgehead atoms. The first kappa shape index (κ1) is 22.7. The smallest absolute Gasteiger partial charge is 0.254 e. The van der Waals surface area contributed by atoms with E-state index >= 15 is 0 Å². The molecule has 2 heterocycles. The molecule has 2 aromatic carbocycles. The Kier molecular flexibility index (Phi) is 6.30. The Morgan fingerprint density at radius 1 is 1.21 bits per heavy atom. The van der Waals surface area contributed by atoms with E-state index in [1.165, 1.54) is 12.1 Å². The molecule has 7 heteroatoms. The number of benzene rings is 2. The van der Waals surface area contributed by atoms with Gasteiger partial charge in [-0.05, 0) is 54.8 Å². The Labute approximate surface area is 196 Å². The molecule has 0 fully saturated rings. The van der Waals surface area contributed by atoms with Crippen molar-refractivity contribution in [1.82, 2.24) is 4.90 Å². The van der Waals surface area contributed by atoms with E-state index in [2.05, 4.69) is 5.32 Å². The maximum absolute atomic E-state index is 13.8. The first-order valence-electron chi connectivity index (χ1n) is 10.8. The predicted molar refractivity (Wildman–Crippen MR) is 127 cm³/mol. The van der Waals surface area contributed by atoms with Crippen LogP contribution in [-0.2, 0) is 4.79 Å². The molecule has 1 aromatic heterocycles. The molecule has 0 unspecified atom stereocenters. The average Bonchev–Trinajstić information content (AvgIpc) is 3.22. The van der Waals surface area contributed by atoms with Gasteiger partial charge in [-0.25, -0.2) is 4.39 Å². The third kappa shape index (κ3) is 4.39. The molecule has 0 saturated heterocycles. The fraction of sp³-hybridized carbons (Fsp3) is 0.269. The summed E-state index contributed by atoms with van der Waals surface area (Å²) in [6, 6.07) is 16.4. The molecule has 0 aliphatic carbocycles. The van der Waals surface area contributed by atoms with Crippen molar-refractivity contribution >= 4 is 28.8 Å². The van der Waals surface area contributed by atoms with Crippen LogP contribution in [0.4, 0.5) is 10.1 Å². The van der Waals surface area contributed by atoms with Crippen molar-refractivity contribution in [3.63, 3.8) is 0 Å². The summed E-state index contributed by atoms with van der Waals surface area (Å²) >= 11 is 1.57. The van der Waals surface area contributed by atoms with Crippen molar-refractivity contribution < 1.29 is 14.0 Å². The van der Waals surface area contributed by atoms with Crippen LogP contribution in [0.15, 0.2) is 54.6 Å². The molecule has 1 aliphatic heterocycles. The van der Waals surface area contributed by atoms with Gasteiger partial charge in [0.25, 0.3) is 5.91 Å². The average molecular weight is 462 g/mol. The summed E-state index contributed by atoms with van der Waals surface area (Å²) < 4.78 is 13.8. The number of nitrogens with zero attached hydrogens (tertiary/aromatic N) is 2. The molecule has 2 atom stereocenters. The van der Waals surface area contributed by atoms with Crippen LogP contribution in [0.2, 0.25) is 0 Å². The molecule has 168 valence electrons. The fourth-order valence-electron chi connectivity index (χ4n) is 4.31. The molecule has 33 heavy (non-hydrogen) atoms. The van der Waals surface area contributed by atoms with E-state index in [1.807, 2.05) is 45.0 Å². The molecule has 3 aromatic rings. The van der Waals surface area contributed by atoms with E-state index in [0.717, 1.165) is 15.8 Å². The van der Waals surface area contributed by atoms with Crippen molar-refractivity contribution in [2.75, 3.05) is 11.9 Å². The minimum Gasteiger partial charge on any atom is -0.329 e. The van der Waals surface area contributed by atoms with E-state index in [-0.39, 0.29) is 23.3 Å². The zero-order valence-corrected chi connectivity index (χ0v) is 19.4. The Balaban J connectivity index is 1.82. The van der Waals surface area contributed by atoms with E-state index in [4.69, 9.17) is 5.26 Å². The molecule has 1 aliphatic rings. The number of aryl methyl sites for hydroxylation is 1. The second kappa shape index (κ2) is 9.16. The van der Waals surface area contributed by atoms with E-state index in [9.17, 15) is 14.0 Å². The topological polar surface area (TPSA) is 73.2 Å². The Morgan fingerprint density at radius 3 is 2.64 bits per heavy atom. The lowest BCUT2D eigenvalue weighted by Crippen LogP contribution is -2.47. The lowest BCUT2D eigenvalue weighted by Gasteiger charge is -2.42. The number of rotatable bonds is 5. The number of thiophene rings is 1. The van der Waals surface area contributed by atoms with Crippen molar-refractivity contribution in [1.29, 1.82) is 5.26 Å². The van der Waals surface area contributed by atoms with Crippen LogP contribution in [0.1, 0.15) is 57.0 Å². The SMILES string of the molecule is Cc1ccc([C@@H]2[C@@H](C(=O)Nc3ccc(F)c(C#N)c3)c3ccccc3C(=O)N2CC(C)C)s1. The van der Waals surface area contributed by atoms with Crippen LogP contribution >= 0.6 is 11.3 Å². The van der Waals surface area contributed by atoms with Crippen LogP contribution in [0.25, 0.3) is 0 Å². The van der Waals surface area contributed by atoms with Gasteiger partial charge in [0.15, 0.2) is 0 Å². The molecule has 1 N–H and O–H groups in total. The minimum atomic E-state index is -0.661. The largest absolute Gasteiger partial charge is 0.329 e. The van der Waals surface area contributed by atoms with Crippen molar-refractivity contribution in [3.8, 4) is 6.07 Å². The van der Waals surface area contributed by atoms with Gasteiger partial charge in [0.2, 0.25) is 5.91 Å². The second-order valence-electron chi connectivity index (χ2n) is 8.61.